The monoisotopic (exact) mass is 465 g/mol. The zero-order valence-electron chi connectivity index (χ0n) is 17.4. The van der Waals surface area contributed by atoms with Gasteiger partial charge in [-0.15, -0.1) is 0 Å². The van der Waals surface area contributed by atoms with Crippen LogP contribution in [0, 0.1) is 5.82 Å². The van der Waals surface area contributed by atoms with Crippen molar-refractivity contribution in [3.63, 3.8) is 0 Å². The summed E-state index contributed by atoms with van der Waals surface area (Å²) < 4.78 is 27.3. The van der Waals surface area contributed by atoms with Gasteiger partial charge >= 0.3 is 0 Å². The maximum Gasteiger partial charge on any atom is 0.163 e. The Labute approximate surface area is 189 Å². The van der Waals surface area contributed by atoms with Crippen LogP contribution in [0.25, 0.3) is 10.9 Å². The van der Waals surface area contributed by atoms with Crippen molar-refractivity contribution in [3.05, 3.63) is 64.6 Å². The standard InChI is InChI=1S/C23H25ClFNO6/c1-2-31-14-7-6-12(16(25)9-14)8-13-10-26(17-5-3-4-15(24)19(13)17)23-22(30)21(29)20(28)18(11-27)32-23/h3-7,9-10,18,20-23,27-30H,2,8,11H2,1H3/t18-,20-,21+,22-,23-/m1/s1. The highest BCUT2D eigenvalue weighted by molar-refractivity contribution is 6.35. The van der Waals surface area contributed by atoms with Crippen molar-refractivity contribution in [2.75, 3.05) is 13.2 Å². The molecule has 32 heavy (non-hydrogen) atoms. The molecule has 9 heteroatoms. The lowest BCUT2D eigenvalue weighted by molar-refractivity contribution is -0.250. The molecule has 5 atom stereocenters. The second-order valence-corrected chi connectivity index (χ2v) is 8.19. The van der Waals surface area contributed by atoms with Crippen molar-refractivity contribution >= 4 is 22.5 Å². The van der Waals surface area contributed by atoms with Crippen LogP contribution in [0.5, 0.6) is 5.75 Å². The predicted octanol–water partition coefficient (Wildman–Crippen LogP) is 2.40. The van der Waals surface area contributed by atoms with Gasteiger partial charge in [0.05, 0.1) is 23.8 Å². The van der Waals surface area contributed by atoms with Gasteiger partial charge < -0.3 is 34.5 Å². The molecule has 0 radical (unpaired) electrons. The third kappa shape index (κ3) is 4.10. The maximum atomic E-state index is 14.7. The molecule has 1 fully saturated rings. The zero-order valence-corrected chi connectivity index (χ0v) is 18.1. The minimum atomic E-state index is -1.52. The molecule has 4 rings (SSSR count). The third-order valence-corrected chi connectivity index (χ3v) is 6.06. The van der Waals surface area contributed by atoms with E-state index in [0.717, 1.165) is 0 Å². The molecule has 0 bridgehead atoms. The highest BCUT2D eigenvalue weighted by Gasteiger charge is 2.44. The average molecular weight is 466 g/mol. The number of aliphatic hydroxyl groups is 4. The van der Waals surface area contributed by atoms with Crippen molar-refractivity contribution in [3.8, 4) is 5.75 Å². The molecule has 2 heterocycles. The van der Waals surface area contributed by atoms with Crippen LogP contribution < -0.4 is 4.74 Å². The molecular weight excluding hydrogens is 441 g/mol. The van der Waals surface area contributed by atoms with E-state index in [1.54, 1.807) is 41.1 Å². The van der Waals surface area contributed by atoms with Crippen molar-refractivity contribution < 1.29 is 34.3 Å². The lowest BCUT2D eigenvalue weighted by Gasteiger charge is -2.40. The lowest BCUT2D eigenvalue weighted by atomic mass is 9.98. The largest absolute Gasteiger partial charge is 0.494 e. The zero-order chi connectivity index (χ0) is 23.0. The number of rotatable bonds is 6. The van der Waals surface area contributed by atoms with E-state index in [0.29, 0.717) is 39.4 Å². The Kier molecular flexibility index (Phi) is 6.71. The first-order valence-corrected chi connectivity index (χ1v) is 10.7. The molecule has 1 aliphatic heterocycles. The molecule has 7 nitrogen and oxygen atoms in total. The topological polar surface area (TPSA) is 104 Å². The average Bonchev–Trinajstić information content (AvgIpc) is 3.14. The maximum absolute atomic E-state index is 14.7. The van der Waals surface area contributed by atoms with E-state index in [1.165, 1.54) is 6.07 Å². The van der Waals surface area contributed by atoms with Crippen LogP contribution in [-0.2, 0) is 11.2 Å². The second kappa shape index (κ2) is 9.35. The summed E-state index contributed by atoms with van der Waals surface area (Å²) in [7, 11) is 0. The molecule has 0 saturated carbocycles. The number of benzene rings is 2. The van der Waals surface area contributed by atoms with Crippen LogP contribution in [-0.4, -0.2) is 62.6 Å². The third-order valence-electron chi connectivity index (χ3n) is 5.74. The van der Waals surface area contributed by atoms with E-state index in [9.17, 15) is 24.8 Å². The molecule has 2 aromatic carbocycles. The molecule has 1 saturated heterocycles. The van der Waals surface area contributed by atoms with Gasteiger partial charge in [0.1, 0.15) is 36.0 Å². The van der Waals surface area contributed by atoms with Crippen molar-refractivity contribution in [1.82, 2.24) is 4.57 Å². The Balaban J connectivity index is 1.76. The van der Waals surface area contributed by atoms with Gasteiger partial charge in [-0.25, -0.2) is 4.39 Å². The summed E-state index contributed by atoms with van der Waals surface area (Å²) in [6.07, 6.45) is -4.70. The van der Waals surface area contributed by atoms with E-state index in [4.69, 9.17) is 21.1 Å². The Hall–Kier alpha value is -2.20. The van der Waals surface area contributed by atoms with Gasteiger partial charge in [0.25, 0.3) is 0 Å². The number of aliphatic hydroxyl groups excluding tert-OH is 4. The molecule has 4 N–H and O–H groups in total. The first-order chi connectivity index (χ1) is 15.3. The van der Waals surface area contributed by atoms with Gasteiger partial charge in [-0.2, -0.15) is 0 Å². The molecule has 3 aromatic rings. The SMILES string of the molecule is CCOc1ccc(Cc2cn([C@@H]3O[C@H](CO)[C@@H](O)[C@H](O)[C@H]3O)c3cccc(Cl)c23)c(F)c1. The minimum absolute atomic E-state index is 0.211. The Morgan fingerprint density at radius 1 is 1.09 bits per heavy atom. The Morgan fingerprint density at radius 2 is 1.88 bits per heavy atom. The quantitative estimate of drug-likeness (QED) is 0.445. The summed E-state index contributed by atoms with van der Waals surface area (Å²) in [6, 6.07) is 9.87. The van der Waals surface area contributed by atoms with Gasteiger partial charge in [-0.05, 0) is 36.2 Å². The summed E-state index contributed by atoms with van der Waals surface area (Å²) in [5, 5.41) is 41.5. The van der Waals surface area contributed by atoms with E-state index in [2.05, 4.69) is 0 Å². The van der Waals surface area contributed by atoms with Crippen LogP contribution >= 0.6 is 11.6 Å². The van der Waals surface area contributed by atoms with E-state index < -0.39 is 43.1 Å². The fourth-order valence-electron chi connectivity index (χ4n) is 4.14. The number of hydrogen-bond donors (Lipinski definition) is 4. The molecule has 1 aromatic heterocycles. The van der Waals surface area contributed by atoms with Crippen molar-refractivity contribution in [2.45, 2.75) is 44.0 Å². The summed E-state index contributed by atoms with van der Waals surface area (Å²) >= 11 is 6.47. The Bertz CT molecular complexity index is 1100. The molecule has 0 spiro atoms. The lowest BCUT2D eigenvalue weighted by Crippen LogP contribution is -2.56. The summed E-state index contributed by atoms with van der Waals surface area (Å²) in [4.78, 5) is 0. The molecular formula is C23H25ClFNO6. The molecule has 172 valence electrons. The van der Waals surface area contributed by atoms with Crippen LogP contribution in [0.4, 0.5) is 4.39 Å². The normalized spacial score (nSPS) is 25.9. The summed E-state index contributed by atoms with van der Waals surface area (Å²) in [6.45, 7) is 1.72. The van der Waals surface area contributed by atoms with Crippen LogP contribution in [0.15, 0.2) is 42.6 Å². The van der Waals surface area contributed by atoms with Crippen molar-refractivity contribution in [1.29, 1.82) is 0 Å². The van der Waals surface area contributed by atoms with Crippen LogP contribution in [0.1, 0.15) is 24.3 Å². The molecule has 0 amide bonds. The van der Waals surface area contributed by atoms with Gasteiger partial charge in [0.2, 0.25) is 0 Å². The van der Waals surface area contributed by atoms with Crippen LogP contribution in [0.3, 0.4) is 0 Å². The summed E-state index contributed by atoms with van der Waals surface area (Å²) in [5.41, 5.74) is 1.72. The molecule has 0 aliphatic carbocycles. The smallest absolute Gasteiger partial charge is 0.163 e. The van der Waals surface area contributed by atoms with Gasteiger partial charge in [0, 0.05) is 24.1 Å². The number of aromatic nitrogens is 1. The minimum Gasteiger partial charge on any atom is -0.494 e. The predicted molar refractivity (Wildman–Crippen MR) is 116 cm³/mol. The van der Waals surface area contributed by atoms with E-state index >= 15 is 0 Å². The first kappa shape index (κ1) is 23.0. The fraction of sp³-hybridized carbons (Fsp3) is 0.391. The van der Waals surface area contributed by atoms with Gasteiger partial charge in [-0.1, -0.05) is 23.7 Å². The molecule has 1 aliphatic rings. The first-order valence-electron chi connectivity index (χ1n) is 10.3. The number of ether oxygens (including phenoxy) is 2. The Morgan fingerprint density at radius 3 is 2.56 bits per heavy atom. The van der Waals surface area contributed by atoms with E-state index in [-0.39, 0.29) is 6.42 Å². The second-order valence-electron chi connectivity index (χ2n) is 7.78. The number of hydrogen-bond acceptors (Lipinski definition) is 6. The van der Waals surface area contributed by atoms with Gasteiger partial charge in [0.15, 0.2) is 6.23 Å². The molecule has 0 unspecified atom stereocenters. The van der Waals surface area contributed by atoms with Gasteiger partial charge in [-0.3, -0.25) is 0 Å². The fourth-order valence-corrected chi connectivity index (χ4v) is 4.43. The number of nitrogens with zero attached hydrogens (tertiary/aromatic N) is 1. The highest BCUT2D eigenvalue weighted by Crippen LogP contribution is 2.37. The highest BCUT2D eigenvalue weighted by atomic mass is 35.5. The number of fused-ring (bicyclic) bond motifs is 1. The number of halogens is 2. The summed E-state index contributed by atoms with van der Waals surface area (Å²) in [5.74, 6) is 0.0206. The van der Waals surface area contributed by atoms with Crippen LogP contribution in [0.2, 0.25) is 5.02 Å². The van der Waals surface area contributed by atoms with E-state index in [1.807, 2.05) is 6.92 Å². The van der Waals surface area contributed by atoms with Crippen molar-refractivity contribution in [2.24, 2.45) is 0 Å².